The number of benzene rings is 1. The minimum absolute atomic E-state index is 0.302. The van der Waals surface area contributed by atoms with Crippen LogP contribution in [0.5, 0.6) is 0 Å². The summed E-state index contributed by atoms with van der Waals surface area (Å²) in [6.45, 7) is 0. The van der Waals surface area contributed by atoms with Crippen LogP contribution < -0.4 is 11.5 Å². The molecule has 0 saturated carbocycles. The first-order valence-electron chi connectivity index (χ1n) is 4.04. The number of rotatable bonds is 3. The van der Waals surface area contributed by atoms with Crippen LogP contribution >= 0.6 is 24.0 Å². The van der Waals surface area contributed by atoms with E-state index in [1.54, 1.807) is 17.8 Å². The molecular formula is C10H12N2S2. The van der Waals surface area contributed by atoms with E-state index in [9.17, 15) is 0 Å². The highest BCUT2D eigenvalue weighted by atomic mass is 32.2. The van der Waals surface area contributed by atoms with Crippen LogP contribution in [0.2, 0.25) is 0 Å². The third kappa shape index (κ3) is 3.05. The number of hydrogen-bond donors (Lipinski definition) is 2. The Kier molecular flexibility index (Phi) is 3.98. The van der Waals surface area contributed by atoms with Gasteiger partial charge in [0.2, 0.25) is 0 Å². The van der Waals surface area contributed by atoms with Crippen molar-refractivity contribution in [2.24, 2.45) is 11.5 Å². The molecule has 1 aromatic carbocycles. The molecule has 4 heteroatoms. The van der Waals surface area contributed by atoms with E-state index in [0.717, 1.165) is 5.56 Å². The Hall–Kier alpha value is -1.00. The highest BCUT2D eigenvalue weighted by Crippen LogP contribution is 2.17. The summed E-state index contributed by atoms with van der Waals surface area (Å²) in [6.07, 6.45) is 3.62. The lowest BCUT2D eigenvalue weighted by Crippen LogP contribution is -2.07. The molecule has 0 aromatic heterocycles. The summed E-state index contributed by atoms with van der Waals surface area (Å²) in [6, 6.07) is 7.94. The van der Waals surface area contributed by atoms with Crippen LogP contribution in [0, 0.1) is 0 Å². The zero-order valence-electron chi connectivity index (χ0n) is 7.86. The zero-order chi connectivity index (χ0) is 10.6. The smallest absolute Gasteiger partial charge is 0.0982 e. The van der Waals surface area contributed by atoms with Gasteiger partial charge in [-0.15, -0.1) is 11.8 Å². The van der Waals surface area contributed by atoms with E-state index in [-0.39, 0.29) is 0 Å². The monoisotopic (exact) mass is 224 g/mol. The van der Waals surface area contributed by atoms with E-state index >= 15 is 0 Å². The summed E-state index contributed by atoms with van der Waals surface area (Å²) in [5.74, 6) is 0. The van der Waals surface area contributed by atoms with Crippen LogP contribution in [-0.4, -0.2) is 11.2 Å². The molecule has 1 aromatic rings. The number of thioether (sulfide) groups is 1. The van der Waals surface area contributed by atoms with Gasteiger partial charge in [0.05, 0.1) is 4.99 Å². The molecule has 0 aliphatic rings. The Morgan fingerprint density at radius 2 is 1.86 bits per heavy atom. The third-order valence-electron chi connectivity index (χ3n) is 1.72. The summed E-state index contributed by atoms with van der Waals surface area (Å²) in [5.41, 5.74) is 12.7. The van der Waals surface area contributed by atoms with Gasteiger partial charge in [-0.05, 0) is 30.0 Å². The van der Waals surface area contributed by atoms with Gasteiger partial charge < -0.3 is 11.5 Å². The Bertz CT molecular complexity index is 355. The Balaban J connectivity index is 2.92. The predicted octanol–water partition coefficient (Wildman–Crippen LogP) is 1.99. The van der Waals surface area contributed by atoms with Gasteiger partial charge in [-0.2, -0.15) is 0 Å². The standard InChI is InChI=1S/C10H12N2S2/c1-14-8-4-2-7(3-5-8)9(11)6-10(12)13/h2-6H,11H2,1H3,(H2,12,13). The van der Waals surface area contributed by atoms with Crippen molar-refractivity contribution in [2.45, 2.75) is 4.90 Å². The molecule has 0 amide bonds. The van der Waals surface area contributed by atoms with Crippen LogP contribution in [-0.2, 0) is 0 Å². The molecule has 74 valence electrons. The van der Waals surface area contributed by atoms with Crippen molar-refractivity contribution in [3.8, 4) is 0 Å². The van der Waals surface area contributed by atoms with Gasteiger partial charge in [0, 0.05) is 10.6 Å². The number of hydrogen-bond acceptors (Lipinski definition) is 3. The van der Waals surface area contributed by atoms with Gasteiger partial charge in [0.15, 0.2) is 0 Å². The third-order valence-corrected chi connectivity index (χ3v) is 2.58. The van der Waals surface area contributed by atoms with Crippen molar-refractivity contribution >= 4 is 34.7 Å². The van der Waals surface area contributed by atoms with Crippen LogP contribution in [0.15, 0.2) is 35.2 Å². The van der Waals surface area contributed by atoms with Gasteiger partial charge in [-0.3, -0.25) is 0 Å². The normalized spacial score (nSPS) is 11.4. The van der Waals surface area contributed by atoms with Crippen molar-refractivity contribution in [1.29, 1.82) is 0 Å². The van der Waals surface area contributed by atoms with E-state index in [4.69, 9.17) is 23.7 Å². The van der Waals surface area contributed by atoms with Crippen molar-refractivity contribution < 1.29 is 0 Å². The second kappa shape index (κ2) is 5.02. The van der Waals surface area contributed by atoms with Crippen molar-refractivity contribution in [1.82, 2.24) is 0 Å². The fourth-order valence-electron chi connectivity index (χ4n) is 1.02. The lowest BCUT2D eigenvalue weighted by atomic mass is 10.1. The molecular weight excluding hydrogens is 212 g/mol. The summed E-state index contributed by atoms with van der Waals surface area (Å²) < 4.78 is 0. The molecule has 0 spiro atoms. The summed E-state index contributed by atoms with van der Waals surface area (Å²) in [4.78, 5) is 1.51. The maximum Gasteiger partial charge on any atom is 0.0982 e. The van der Waals surface area contributed by atoms with Gasteiger partial charge in [0.25, 0.3) is 0 Å². The first kappa shape index (κ1) is 11.1. The molecule has 0 bridgehead atoms. The van der Waals surface area contributed by atoms with Crippen molar-refractivity contribution in [3.63, 3.8) is 0 Å². The largest absolute Gasteiger partial charge is 0.398 e. The van der Waals surface area contributed by atoms with Gasteiger partial charge in [0.1, 0.15) is 0 Å². The fraction of sp³-hybridized carbons (Fsp3) is 0.100. The Morgan fingerprint density at radius 3 is 2.29 bits per heavy atom. The van der Waals surface area contributed by atoms with Crippen molar-refractivity contribution in [3.05, 3.63) is 35.9 Å². The highest BCUT2D eigenvalue weighted by Gasteiger charge is 1.96. The van der Waals surface area contributed by atoms with E-state index in [1.807, 2.05) is 30.5 Å². The summed E-state index contributed by atoms with van der Waals surface area (Å²) >= 11 is 6.43. The SMILES string of the molecule is CSc1ccc(C(N)=CC(N)=S)cc1. The summed E-state index contributed by atoms with van der Waals surface area (Å²) in [7, 11) is 0. The topological polar surface area (TPSA) is 52.0 Å². The molecule has 1 rings (SSSR count). The van der Waals surface area contributed by atoms with Crippen LogP contribution in [0.4, 0.5) is 0 Å². The molecule has 0 unspecified atom stereocenters. The molecule has 4 N–H and O–H groups in total. The van der Waals surface area contributed by atoms with Crippen LogP contribution in [0.1, 0.15) is 5.56 Å². The van der Waals surface area contributed by atoms with E-state index in [0.29, 0.717) is 10.7 Å². The van der Waals surface area contributed by atoms with E-state index < -0.39 is 0 Å². The predicted molar refractivity (Wildman–Crippen MR) is 67.2 cm³/mol. The number of nitrogens with two attached hydrogens (primary N) is 2. The fourth-order valence-corrected chi connectivity index (χ4v) is 1.56. The second-order valence-electron chi connectivity index (χ2n) is 2.73. The Labute approximate surface area is 93.4 Å². The van der Waals surface area contributed by atoms with Crippen LogP contribution in [0.25, 0.3) is 5.70 Å². The molecule has 0 heterocycles. The first-order valence-corrected chi connectivity index (χ1v) is 5.68. The molecule has 2 nitrogen and oxygen atoms in total. The van der Waals surface area contributed by atoms with Crippen molar-refractivity contribution in [2.75, 3.05) is 6.26 Å². The minimum Gasteiger partial charge on any atom is -0.398 e. The zero-order valence-corrected chi connectivity index (χ0v) is 9.49. The second-order valence-corrected chi connectivity index (χ2v) is 4.08. The lowest BCUT2D eigenvalue weighted by Gasteiger charge is -2.02. The first-order chi connectivity index (χ1) is 6.63. The van der Waals surface area contributed by atoms with Gasteiger partial charge in [-0.25, -0.2) is 0 Å². The van der Waals surface area contributed by atoms with Gasteiger partial charge >= 0.3 is 0 Å². The lowest BCUT2D eigenvalue weighted by molar-refractivity contribution is 1.42. The van der Waals surface area contributed by atoms with E-state index in [2.05, 4.69) is 0 Å². The molecule has 0 atom stereocenters. The average molecular weight is 224 g/mol. The number of thiocarbonyl (C=S) groups is 1. The molecule has 0 fully saturated rings. The highest BCUT2D eigenvalue weighted by molar-refractivity contribution is 7.98. The minimum atomic E-state index is 0.302. The maximum atomic E-state index is 5.77. The quantitative estimate of drug-likeness (QED) is 0.468. The summed E-state index contributed by atoms with van der Waals surface area (Å²) in [5, 5.41) is 0. The molecule has 14 heavy (non-hydrogen) atoms. The Morgan fingerprint density at radius 1 is 1.29 bits per heavy atom. The van der Waals surface area contributed by atoms with Gasteiger partial charge in [-0.1, -0.05) is 24.4 Å². The molecule has 0 saturated heterocycles. The van der Waals surface area contributed by atoms with E-state index in [1.165, 1.54) is 4.90 Å². The molecule has 0 aliphatic carbocycles. The van der Waals surface area contributed by atoms with Crippen LogP contribution in [0.3, 0.4) is 0 Å². The molecule has 0 radical (unpaired) electrons. The maximum absolute atomic E-state index is 5.77. The average Bonchev–Trinajstić information content (AvgIpc) is 2.17. The molecule has 0 aliphatic heterocycles.